The van der Waals surface area contributed by atoms with E-state index in [-0.39, 0.29) is 5.91 Å². The Labute approximate surface area is 108 Å². The van der Waals surface area contributed by atoms with Gasteiger partial charge in [-0.2, -0.15) is 0 Å². The normalized spacial score (nSPS) is 27.4. The van der Waals surface area contributed by atoms with E-state index in [1.54, 1.807) is 0 Å². The first-order valence-corrected chi connectivity index (χ1v) is 6.66. The number of amides is 1. The van der Waals surface area contributed by atoms with Crippen molar-refractivity contribution in [1.82, 2.24) is 4.90 Å². The van der Waals surface area contributed by atoms with Gasteiger partial charge in [-0.25, -0.2) is 0 Å². The van der Waals surface area contributed by atoms with Crippen LogP contribution in [0.4, 0.5) is 0 Å². The number of nitrogens with zero attached hydrogens (tertiary/aromatic N) is 1. The molecule has 3 rings (SSSR count). The van der Waals surface area contributed by atoms with E-state index in [2.05, 4.69) is 32.0 Å². The fourth-order valence-corrected chi connectivity index (χ4v) is 3.28. The third-order valence-electron chi connectivity index (χ3n) is 4.08. The van der Waals surface area contributed by atoms with Crippen LogP contribution in [0.2, 0.25) is 0 Å². The molecule has 96 valence electrons. The fraction of sp³-hybridized carbons (Fsp3) is 0.533. The van der Waals surface area contributed by atoms with Crippen molar-refractivity contribution in [2.75, 3.05) is 13.2 Å². The Balaban J connectivity index is 2.09. The SMILES string of the molecule is Cc1ccc([C@@]23CCC(=O)N2CCCO3)c(C)c1. The van der Waals surface area contributed by atoms with Gasteiger partial charge in [0.05, 0.1) is 6.61 Å². The third-order valence-corrected chi connectivity index (χ3v) is 4.08. The Bertz CT molecular complexity index is 497. The summed E-state index contributed by atoms with van der Waals surface area (Å²) < 4.78 is 6.07. The molecule has 2 aliphatic rings. The zero-order valence-electron chi connectivity index (χ0n) is 11.0. The van der Waals surface area contributed by atoms with E-state index in [1.165, 1.54) is 16.7 Å². The second kappa shape index (κ2) is 4.09. The molecule has 0 spiro atoms. The number of carbonyl (C=O) groups excluding carboxylic acids is 1. The van der Waals surface area contributed by atoms with Gasteiger partial charge in [0.25, 0.3) is 0 Å². The van der Waals surface area contributed by atoms with Gasteiger partial charge >= 0.3 is 0 Å². The predicted molar refractivity (Wildman–Crippen MR) is 69.1 cm³/mol. The van der Waals surface area contributed by atoms with Crippen LogP contribution >= 0.6 is 0 Å². The molecule has 2 fully saturated rings. The van der Waals surface area contributed by atoms with Crippen molar-refractivity contribution < 1.29 is 9.53 Å². The highest BCUT2D eigenvalue weighted by molar-refractivity contribution is 5.80. The molecule has 2 aliphatic heterocycles. The minimum absolute atomic E-state index is 0.231. The second-order valence-electron chi connectivity index (χ2n) is 5.35. The van der Waals surface area contributed by atoms with E-state index in [9.17, 15) is 4.79 Å². The molecule has 1 aromatic carbocycles. The molecule has 1 amide bonds. The maximum Gasteiger partial charge on any atom is 0.225 e. The molecule has 1 atom stereocenters. The topological polar surface area (TPSA) is 29.5 Å². The maximum absolute atomic E-state index is 12.0. The molecule has 0 saturated carbocycles. The summed E-state index contributed by atoms with van der Waals surface area (Å²) in [6.07, 6.45) is 2.33. The van der Waals surface area contributed by atoms with Crippen molar-refractivity contribution in [3.63, 3.8) is 0 Å². The number of ether oxygens (including phenoxy) is 1. The van der Waals surface area contributed by atoms with E-state index in [0.717, 1.165) is 26.0 Å². The Morgan fingerprint density at radius 1 is 1.33 bits per heavy atom. The van der Waals surface area contributed by atoms with Crippen molar-refractivity contribution >= 4 is 5.91 Å². The van der Waals surface area contributed by atoms with E-state index in [4.69, 9.17) is 4.74 Å². The van der Waals surface area contributed by atoms with Crippen LogP contribution in [0.15, 0.2) is 18.2 Å². The van der Waals surface area contributed by atoms with Crippen LogP contribution in [0.25, 0.3) is 0 Å². The molecule has 0 bridgehead atoms. The van der Waals surface area contributed by atoms with Crippen LogP contribution < -0.4 is 0 Å². The number of rotatable bonds is 1. The average molecular weight is 245 g/mol. The lowest BCUT2D eigenvalue weighted by Crippen LogP contribution is -2.50. The van der Waals surface area contributed by atoms with Crippen molar-refractivity contribution in [2.45, 2.75) is 38.8 Å². The van der Waals surface area contributed by atoms with Crippen LogP contribution in [0.3, 0.4) is 0 Å². The summed E-state index contributed by atoms with van der Waals surface area (Å²) in [5.74, 6) is 0.231. The van der Waals surface area contributed by atoms with Crippen LogP contribution in [0, 0.1) is 13.8 Å². The largest absolute Gasteiger partial charge is 0.351 e. The molecule has 2 saturated heterocycles. The van der Waals surface area contributed by atoms with Gasteiger partial charge in [0.2, 0.25) is 5.91 Å². The molecule has 0 aliphatic carbocycles. The van der Waals surface area contributed by atoms with Crippen LogP contribution in [-0.2, 0) is 15.3 Å². The zero-order valence-corrected chi connectivity index (χ0v) is 11.0. The monoisotopic (exact) mass is 245 g/mol. The molecule has 0 unspecified atom stereocenters. The molecular weight excluding hydrogens is 226 g/mol. The molecule has 18 heavy (non-hydrogen) atoms. The van der Waals surface area contributed by atoms with Crippen molar-refractivity contribution in [3.8, 4) is 0 Å². The Morgan fingerprint density at radius 2 is 2.17 bits per heavy atom. The highest BCUT2D eigenvalue weighted by atomic mass is 16.5. The molecule has 0 radical (unpaired) electrons. The van der Waals surface area contributed by atoms with E-state index < -0.39 is 5.72 Å². The van der Waals surface area contributed by atoms with E-state index >= 15 is 0 Å². The third kappa shape index (κ3) is 1.57. The minimum atomic E-state index is -0.479. The van der Waals surface area contributed by atoms with Gasteiger partial charge in [-0.1, -0.05) is 23.8 Å². The molecule has 0 aromatic heterocycles. The summed E-state index contributed by atoms with van der Waals surface area (Å²) in [5.41, 5.74) is 3.15. The van der Waals surface area contributed by atoms with Gasteiger partial charge in [0.1, 0.15) is 0 Å². The lowest BCUT2D eigenvalue weighted by molar-refractivity contribution is -0.183. The van der Waals surface area contributed by atoms with Crippen LogP contribution in [-0.4, -0.2) is 24.0 Å². The first kappa shape index (κ1) is 11.7. The summed E-state index contributed by atoms with van der Waals surface area (Å²) in [6, 6.07) is 6.40. The van der Waals surface area contributed by atoms with Crippen molar-refractivity contribution in [3.05, 3.63) is 34.9 Å². The number of carbonyl (C=O) groups is 1. The number of hydrogen-bond acceptors (Lipinski definition) is 2. The highest BCUT2D eigenvalue weighted by Gasteiger charge is 2.49. The lowest BCUT2D eigenvalue weighted by atomic mass is 9.93. The summed E-state index contributed by atoms with van der Waals surface area (Å²) in [4.78, 5) is 13.9. The summed E-state index contributed by atoms with van der Waals surface area (Å²) in [7, 11) is 0. The Morgan fingerprint density at radius 3 is 2.94 bits per heavy atom. The van der Waals surface area contributed by atoms with E-state index in [0.29, 0.717) is 6.42 Å². The zero-order chi connectivity index (χ0) is 12.8. The standard InChI is InChI=1S/C15H19NO2/c1-11-4-5-13(12(2)10-11)15-7-6-14(17)16(15)8-3-9-18-15/h4-5,10H,3,6-9H2,1-2H3/t15-/m0/s1. The Kier molecular flexibility index (Phi) is 2.67. The van der Waals surface area contributed by atoms with Gasteiger partial charge in [0.15, 0.2) is 5.72 Å². The highest BCUT2D eigenvalue weighted by Crippen LogP contribution is 2.44. The average Bonchev–Trinajstić information content (AvgIpc) is 2.68. The van der Waals surface area contributed by atoms with Gasteiger partial charge in [-0.05, 0) is 25.8 Å². The maximum atomic E-state index is 12.0. The number of benzene rings is 1. The summed E-state index contributed by atoms with van der Waals surface area (Å²) in [6.45, 7) is 5.77. The molecule has 3 nitrogen and oxygen atoms in total. The first-order chi connectivity index (χ1) is 8.63. The van der Waals surface area contributed by atoms with E-state index in [1.807, 2.05) is 4.90 Å². The number of aryl methyl sites for hydroxylation is 2. The number of hydrogen-bond donors (Lipinski definition) is 0. The molecule has 2 heterocycles. The molecule has 3 heteroatoms. The predicted octanol–water partition coefficient (Wildman–Crippen LogP) is 2.50. The van der Waals surface area contributed by atoms with Crippen molar-refractivity contribution in [2.24, 2.45) is 0 Å². The van der Waals surface area contributed by atoms with Gasteiger partial charge in [-0.3, -0.25) is 4.79 Å². The van der Waals surface area contributed by atoms with Crippen LogP contribution in [0.5, 0.6) is 0 Å². The number of fused-ring (bicyclic) bond motifs is 1. The quantitative estimate of drug-likeness (QED) is 0.760. The molecule has 1 aromatic rings. The van der Waals surface area contributed by atoms with Gasteiger partial charge in [-0.15, -0.1) is 0 Å². The second-order valence-corrected chi connectivity index (χ2v) is 5.35. The molecule has 0 N–H and O–H groups in total. The van der Waals surface area contributed by atoms with Gasteiger partial charge in [0, 0.05) is 24.9 Å². The summed E-state index contributed by atoms with van der Waals surface area (Å²) >= 11 is 0. The van der Waals surface area contributed by atoms with Crippen molar-refractivity contribution in [1.29, 1.82) is 0 Å². The minimum Gasteiger partial charge on any atom is -0.351 e. The lowest BCUT2D eigenvalue weighted by Gasteiger charge is -2.43. The summed E-state index contributed by atoms with van der Waals surface area (Å²) in [5, 5.41) is 0. The van der Waals surface area contributed by atoms with Gasteiger partial charge < -0.3 is 9.64 Å². The van der Waals surface area contributed by atoms with Crippen LogP contribution in [0.1, 0.15) is 36.0 Å². The Hall–Kier alpha value is -1.35. The fourth-order valence-electron chi connectivity index (χ4n) is 3.28. The smallest absolute Gasteiger partial charge is 0.225 e. The molecular formula is C15H19NO2. The first-order valence-electron chi connectivity index (χ1n) is 6.66.